The van der Waals surface area contributed by atoms with Gasteiger partial charge in [0.1, 0.15) is 0 Å². The lowest BCUT2D eigenvalue weighted by molar-refractivity contribution is -0.142. The predicted molar refractivity (Wildman–Crippen MR) is 150 cm³/mol. The Kier molecular flexibility index (Phi) is 9.25. The smallest absolute Gasteiger partial charge is 0.308 e. The van der Waals surface area contributed by atoms with E-state index < -0.39 is 27.8 Å². The average molecular weight is 541 g/mol. The van der Waals surface area contributed by atoms with Crippen LogP contribution < -0.4 is 0 Å². The summed E-state index contributed by atoms with van der Waals surface area (Å²) in [6, 6.07) is 0. The first kappa shape index (κ1) is 31.3. The van der Waals surface area contributed by atoms with E-state index in [0.29, 0.717) is 0 Å². The van der Waals surface area contributed by atoms with Gasteiger partial charge in [0, 0.05) is 11.8 Å². The maximum absolute atomic E-state index is 13.4. The Bertz CT molecular complexity index is 761. The standard InChI is InChI=1S/C28H52O6Si2/c1-17(2)35(18(3)4)23(25(29)31-13)21(27(9,10)33-35)15-16-22-24(26(30)32-14)36(19(5)6,20(7)8)34-28(22,11)12/h15-24H,1-14H3/b16-15+. The highest BCUT2D eigenvalue weighted by atomic mass is 28.4. The summed E-state index contributed by atoms with van der Waals surface area (Å²) in [5.74, 6) is -0.705. The van der Waals surface area contributed by atoms with Gasteiger partial charge in [-0.3, -0.25) is 9.59 Å². The van der Waals surface area contributed by atoms with Crippen LogP contribution in [-0.4, -0.2) is 54.0 Å². The molecule has 0 saturated carbocycles. The van der Waals surface area contributed by atoms with E-state index in [1.165, 1.54) is 14.2 Å². The van der Waals surface area contributed by atoms with Crippen LogP contribution in [0.2, 0.25) is 33.2 Å². The third-order valence-electron chi connectivity index (χ3n) is 9.22. The number of methoxy groups -OCH3 is 2. The quantitative estimate of drug-likeness (QED) is 0.187. The molecular weight excluding hydrogens is 488 g/mol. The summed E-state index contributed by atoms with van der Waals surface area (Å²) in [6.07, 6.45) is 4.30. The summed E-state index contributed by atoms with van der Waals surface area (Å²) < 4.78 is 24.7. The van der Waals surface area contributed by atoms with Crippen LogP contribution in [0.25, 0.3) is 0 Å². The Labute approximate surface area is 222 Å². The Morgan fingerprint density at radius 2 is 0.889 bits per heavy atom. The maximum atomic E-state index is 13.4. The van der Waals surface area contributed by atoms with Gasteiger partial charge >= 0.3 is 11.9 Å². The number of ether oxygens (including phenoxy) is 2. The first-order chi connectivity index (χ1) is 16.4. The molecule has 36 heavy (non-hydrogen) atoms. The molecule has 0 radical (unpaired) electrons. The van der Waals surface area contributed by atoms with Gasteiger partial charge in [-0.15, -0.1) is 0 Å². The van der Waals surface area contributed by atoms with Gasteiger partial charge in [0.05, 0.1) is 36.5 Å². The second-order valence-electron chi connectivity index (χ2n) is 13.2. The Morgan fingerprint density at radius 3 is 1.08 bits per heavy atom. The number of esters is 2. The monoisotopic (exact) mass is 540 g/mol. The lowest BCUT2D eigenvalue weighted by Crippen LogP contribution is -2.49. The van der Waals surface area contributed by atoms with E-state index in [0.717, 1.165) is 0 Å². The van der Waals surface area contributed by atoms with Crippen LogP contribution >= 0.6 is 0 Å². The molecule has 2 rings (SSSR count). The van der Waals surface area contributed by atoms with Crippen LogP contribution in [0.15, 0.2) is 12.2 Å². The molecule has 0 aromatic rings. The Balaban J connectivity index is 2.70. The summed E-state index contributed by atoms with van der Waals surface area (Å²) >= 11 is 0. The van der Waals surface area contributed by atoms with Crippen molar-refractivity contribution in [1.29, 1.82) is 0 Å². The van der Waals surface area contributed by atoms with Crippen molar-refractivity contribution in [3.05, 3.63) is 12.2 Å². The van der Waals surface area contributed by atoms with E-state index in [1.54, 1.807) is 0 Å². The highest BCUT2D eigenvalue weighted by Crippen LogP contribution is 2.60. The number of hydrogen-bond donors (Lipinski definition) is 0. The van der Waals surface area contributed by atoms with Crippen LogP contribution in [0, 0.1) is 11.8 Å². The lowest BCUT2D eigenvalue weighted by Gasteiger charge is -2.39. The van der Waals surface area contributed by atoms with E-state index in [9.17, 15) is 9.59 Å². The molecule has 8 heteroatoms. The third-order valence-corrected chi connectivity index (χ3v) is 21.3. The summed E-state index contributed by atoms with van der Waals surface area (Å²) in [5.41, 5.74) is -0.743. The number of carbonyl (C=O) groups excluding carboxylic acids is 2. The van der Waals surface area contributed by atoms with Crippen molar-refractivity contribution >= 4 is 28.6 Å². The largest absolute Gasteiger partial charge is 0.469 e. The van der Waals surface area contributed by atoms with Gasteiger partial charge in [0.15, 0.2) is 0 Å². The van der Waals surface area contributed by atoms with Crippen molar-refractivity contribution in [2.45, 2.75) is 128 Å². The fourth-order valence-electron chi connectivity index (χ4n) is 7.62. The molecule has 6 nitrogen and oxygen atoms in total. The maximum Gasteiger partial charge on any atom is 0.308 e. The molecule has 2 aliphatic rings. The average Bonchev–Trinajstić information content (AvgIpc) is 3.16. The minimum absolute atomic E-state index is 0.162. The predicted octanol–water partition coefficient (Wildman–Crippen LogP) is 7.01. The zero-order valence-electron chi connectivity index (χ0n) is 25.2. The SMILES string of the molecule is COC(=O)C1C(/C=C/C2C(C(=O)OC)[Si](C(C)C)(C(C)C)OC2(C)C)C(C)(C)O[Si]1(C(C)C)C(C)C. The van der Waals surface area contributed by atoms with E-state index in [4.69, 9.17) is 18.3 Å². The topological polar surface area (TPSA) is 71.1 Å². The van der Waals surface area contributed by atoms with Gasteiger partial charge in [-0.2, -0.15) is 0 Å². The zero-order valence-corrected chi connectivity index (χ0v) is 27.2. The van der Waals surface area contributed by atoms with Crippen molar-refractivity contribution in [3.63, 3.8) is 0 Å². The molecule has 0 aromatic heterocycles. The molecular formula is C28H52O6Si2. The van der Waals surface area contributed by atoms with Gasteiger partial charge in [0.25, 0.3) is 0 Å². The summed E-state index contributed by atoms with van der Waals surface area (Å²) in [6.45, 7) is 25.8. The fourth-order valence-corrected chi connectivity index (χ4v) is 19.6. The zero-order chi connectivity index (χ0) is 28.0. The molecule has 2 heterocycles. The van der Waals surface area contributed by atoms with Crippen molar-refractivity contribution in [1.82, 2.24) is 0 Å². The van der Waals surface area contributed by atoms with E-state index >= 15 is 0 Å². The second-order valence-corrected chi connectivity index (χ2v) is 22.9. The van der Waals surface area contributed by atoms with Crippen LogP contribution in [-0.2, 0) is 27.9 Å². The first-order valence-electron chi connectivity index (χ1n) is 13.6. The molecule has 0 bridgehead atoms. The van der Waals surface area contributed by atoms with Crippen LogP contribution in [0.3, 0.4) is 0 Å². The molecule has 2 fully saturated rings. The van der Waals surface area contributed by atoms with Gasteiger partial charge in [-0.05, 0) is 49.9 Å². The van der Waals surface area contributed by atoms with Crippen molar-refractivity contribution < 1.29 is 27.9 Å². The minimum Gasteiger partial charge on any atom is -0.469 e. The van der Waals surface area contributed by atoms with Crippen molar-refractivity contribution in [3.8, 4) is 0 Å². The third kappa shape index (κ3) is 4.80. The molecule has 2 saturated heterocycles. The van der Waals surface area contributed by atoms with E-state index in [2.05, 4.69) is 95.2 Å². The molecule has 4 atom stereocenters. The number of hydrogen-bond acceptors (Lipinski definition) is 6. The number of rotatable bonds is 8. The summed E-state index contributed by atoms with van der Waals surface area (Å²) in [7, 11) is -2.18. The van der Waals surface area contributed by atoms with Crippen LogP contribution in [0.5, 0.6) is 0 Å². The molecule has 4 unspecified atom stereocenters. The fraction of sp³-hybridized carbons (Fsp3) is 0.857. The molecule has 0 spiro atoms. The van der Waals surface area contributed by atoms with Gasteiger partial charge in [-0.25, -0.2) is 0 Å². The van der Waals surface area contributed by atoms with E-state index in [-0.39, 0.29) is 57.0 Å². The molecule has 0 aliphatic carbocycles. The first-order valence-corrected chi connectivity index (χ1v) is 17.9. The molecule has 0 amide bonds. The normalized spacial score (nSPS) is 30.6. The van der Waals surface area contributed by atoms with Gasteiger partial charge in [0.2, 0.25) is 16.6 Å². The second kappa shape index (κ2) is 10.7. The summed E-state index contributed by atoms with van der Waals surface area (Å²) in [5, 5.41) is 0. The number of carbonyl (C=O) groups is 2. The van der Waals surface area contributed by atoms with E-state index in [1.807, 2.05) is 0 Å². The highest BCUT2D eigenvalue weighted by Gasteiger charge is 2.67. The van der Waals surface area contributed by atoms with Crippen LogP contribution in [0.4, 0.5) is 0 Å². The van der Waals surface area contributed by atoms with Gasteiger partial charge < -0.3 is 18.3 Å². The molecule has 0 N–H and O–H groups in total. The summed E-state index contributed by atoms with van der Waals surface area (Å²) in [4.78, 5) is 26.7. The van der Waals surface area contributed by atoms with Crippen molar-refractivity contribution in [2.24, 2.45) is 11.8 Å². The van der Waals surface area contributed by atoms with Gasteiger partial charge in [-0.1, -0.05) is 67.5 Å². The lowest BCUT2D eigenvalue weighted by atomic mass is 9.82. The molecule has 0 aromatic carbocycles. The highest BCUT2D eigenvalue weighted by molar-refractivity contribution is 6.82. The Hall–Kier alpha value is -0.966. The molecule has 2 aliphatic heterocycles. The Morgan fingerprint density at radius 1 is 0.639 bits per heavy atom. The van der Waals surface area contributed by atoms with Crippen molar-refractivity contribution in [2.75, 3.05) is 14.2 Å². The molecule has 208 valence electrons. The van der Waals surface area contributed by atoms with Crippen LogP contribution in [0.1, 0.15) is 83.1 Å². The minimum atomic E-state index is -2.56.